The van der Waals surface area contributed by atoms with Gasteiger partial charge in [-0.3, -0.25) is 0 Å². The zero-order chi connectivity index (χ0) is 16.6. The summed E-state index contributed by atoms with van der Waals surface area (Å²) in [5.74, 6) is 1.13. The fraction of sp³-hybridized carbons (Fsp3) is 0.438. The van der Waals surface area contributed by atoms with Crippen LogP contribution in [0.25, 0.3) is 0 Å². The van der Waals surface area contributed by atoms with Crippen molar-refractivity contribution < 1.29 is 9.13 Å². The van der Waals surface area contributed by atoms with Gasteiger partial charge in [0.2, 0.25) is 11.9 Å². The molecule has 2 aromatic rings. The van der Waals surface area contributed by atoms with E-state index in [1.165, 1.54) is 13.8 Å². The van der Waals surface area contributed by atoms with Gasteiger partial charge < -0.3 is 15.8 Å². The molecule has 23 heavy (non-hydrogen) atoms. The van der Waals surface area contributed by atoms with Crippen LogP contribution >= 0.6 is 0 Å². The molecule has 3 rings (SSSR count). The first-order valence-electron chi connectivity index (χ1n) is 7.54. The van der Waals surface area contributed by atoms with E-state index in [1.54, 1.807) is 0 Å². The first-order valence-corrected chi connectivity index (χ1v) is 7.54. The summed E-state index contributed by atoms with van der Waals surface area (Å²) in [6.45, 7) is 5.39. The highest BCUT2D eigenvalue weighted by Gasteiger charge is 2.26. The highest BCUT2D eigenvalue weighted by molar-refractivity contribution is 5.45. The van der Waals surface area contributed by atoms with Crippen LogP contribution in [0.5, 0.6) is 5.75 Å². The van der Waals surface area contributed by atoms with Crippen molar-refractivity contribution >= 4 is 11.9 Å². The molecule has 122 valence electrons. The molecule has 1 aliphatic rings. The number of benzene rings is 1. The molecule has 1 aliphatic heterocycles. The lowest BCUT2D eigenvalue weighted by molar-refractivity contribution is 0.206. The Kier molecular flexibility index (Phi) is 3.79. The smallest absolute Gasteiger partial charge is 0.228 e. The summed E-state index contributed by atoms with van der Waals surface area (Å²) in [7, 11) is 0. The van der Waals surface area contributed by atoms with Crippen molar-refractivity contribution in [2.24, 2.45) is 0 Å². The minimum Gasteiger partial charge on any atom is -0.493 e. The number of anilines is 2. The maximum Gasteiger partial charge on any atom is 0.228 e. The number of nitrogens with zero attached hydrogens (tertiary/aromatic N) is 3. The molecule has 0 saturated heterocycles. The lowest BCUT2D eigenvalue weighted by Crippen LogP contribution is -2.23. The van der Waals surface area contributed by atoms with Crippen molar-refractivity contribution in [1.29, 1.82) is 0 Å². The molecule has 1 aromatic carbocycles. The molecule has 1 aromatic heterocycles. The molecule has 0 amide bonds. The average molecular weight is 317 g/mol. The number of nitrogens with two attached hydrogens (primary N) is 1. The Morgan fingerprint density at radius 1 is 1.30 bits per heavy atom. The van der Waals surface area contributed by atoms with E-state index < -0.39 is 5.67 Å². The Bertz CT molecular complexity index is 729. The zero-order valence-electron chi connectivity index (χ0n) is 13.4. The number of hydrogen-bond acceptors (Lipinski definition) is 6. The van der Waals surface area contributed by atoms with Crippen LogP contribution in [0.2, 0.25) is 0 Å². The molecule has 0 unspecified atom stereocenters. The van der Waals surface area contributed by atoms with E-state index in [-0.39, 0.29) is 23.8 Å². The molecular weight excluding hydrogens is 297 g/mol. The van der Waals surface area contributed by atoms with Crippen molar-refractivity contribution in [3.8, 4) is 5.75 Å². The van der Waals surface area contributed by atoms with Gasteiger partial charge in [-0.1, -0.05) is 17.7 Å². The Hall–Kier alpha value is -2.44. The van der Waals surface area contributed by atoms with Crippen molar-refractivity contribution in [3.63, 3.8) is 0 Å². The predicted octanol–water partition coefficient (Wildman–Crippen LogP) is 2.90. The van der Waals surface area contributed by atoms with Crippen LogP contribution in [0.15, 0.2) is 18.2 Å². The largest absolute Gasteiger partial charge is 0.493 e. The van der Waals surface area contributed by atoms with Crippen LogP contribution in [0.3, 0.4) is 0 Å². The fourth-order valence-electron chi connectivity index (χ4n) is 2.54. The monoisotopic (exact) mass is 317 g/mol. The number of hydrogen-bond donors (Lipinski definition) is 2. The molecule has 6 nitrogen and oxygen atoms in total. The van der Waals surface area contributed by atoms with Gasteiger partial charge >= 0.3 is 0 Å². The molecule has 1 atom stereocenters. The lowest BCUT2D eigenvalue weighted by atomic mass is 9.99. The van der Waals surface area contributed by atoms with E-state index in [0.29, 0.717) is 6.61 Å². The number of rotatable bonds is 3. The number of aromatic nitrogens is 3. The van der Waals surface area contributed by atoms with Gasteiger partial charge in [0.15, 0.2) is 11.5 Å². The molecule has 2 heterocycles. The summed E-state index contributed by atoms with van der Waals surface area (Å²) in [5.41, 5.74) is 6.18. The lowest BCUT2D eigenvalue weighted by Gasteiger charge is -2.27. The number of halogens is 1. The minimum atomic E-state index is -1.68. The number of fused-ring (bicyclic) bond motifs is 1. The molecule has 0 fully saturated rings. The number of nitrogens with one attached hydrogen (secondary N) is 1. The quantitative estimate of drug-likeness (QED) is 0.905. The third kappa shape index (κ3) is 3.33. The van der Waals surface area contributed by atoms with E-state index in [4.69, 9.17) is 10.5 Å². The van der Waals surface area contributed by atoms with Crippen LogP contribution < -0.4 is 15.8 Å². The van der Waals surface area contributed by atoms with Gasteiger partial charge in [-0.2, -0.15) is 15.0 Å². The topological polar surface area (TPSA) is 86.0 Å². The molecule has 3 N–H and O–H groups in total. The summed E-state index contributed by atoms with van der Waals surface area (Å²) < 4.78 is 19.8. The second-order valence-electron chi connectivity index (χ2n) is 6.19. The summed E-state index contributed by atoms with van der Waals surface area (Å²) in [5, 5.41) is 3.23. The molecule has 0 bridgehead atoms. The highest BCUT2D eigenvalue weighted by atomic mass is 19.1. The molecule has 0 aliphatic carbocycles. The average Bonchev–Trinajstić information content (AvgIpc) is 2.46. The first kappa shape index (κ1) is 15.5. The van der Waals surface area contributed by atoms with E-state index >= 15 is 0 Å². The number of alkyl halides is 1. The molecule has 0 saturated carbocycles. The zero-order valence-corrected chi connectivity index (χ0v) is 13.4. The summed E-state index contributed by atoms with van der Waals surface area (Å²) in [6.07, 6.45) is 0.760. The third-order valence-electron chi connectivity index (χ3n) is 3.69. The second kappa shape index (κ2) is 5.64. The summed E-state index contributed by atoms with van der Waals surface area (Å²) in [4.78, 5) is 12.1. The van der Waals surface area contributed by atoms with Gasteiger partial charge in [-0.05, 0) is 26.8 Å². The van der Waals surface area contributed by atoms with Gasteiger partial charge in [0, 0.05) is 12.0 Å². The molecule has 7 heteroatoms. The van der Waals surface area contributed by atoms with Crippen molar-refractivity contribution in [3.05, 3.63) is 35.2 Å². The maximum atomic E-state index is 14.1. The maximum absolute atomic E-state index is 14.1. The van der Waals surface area contributed by atoms with E-state index in [2.05, 4.69) is 26.3 Å². The summed E-state index contributed by atoms with van der Waals surface area (Å²) in [6, 6.07) is 6.01. The Morgan fingerprint density at radius 2 is 2.09 bits per heavy atom. The SMILES string of the molecule is Cc1ccc2c(c1)[C@H](Nc1nc(N)nc(C(C)(C)F)n1)CCO2. The van der Waals surface area contributed by atoms with Gasteiger partial charge in [0.1, 0.15) is 5.75 Å². The highest BCUT2D eigenvalue weighted by Crippen LogP contribution is 2.34. The van der Waals surface area contributed by atoms with E-state index in [1.807, 2.05) is 19.1 Å². The number of ether oxygens (including phenoxy) is 1. The van der Waals surface area contributed by atoms with Crippen molar-refractivity contribution in [1.82, 2.24) is 15.0 Å². The standard InChI is InChI=1S/C16H20FN5O/c1-9-4-5-12-10(8-9)11(6-7-23-12)19-15-21-13(16(2,3)17)20-14(18)22-15/h4-5,8,11H,6-7H2,1-3H3,(H3,18,19,20,21,22)/t11-/m1/s1. The number of nitrogen functional groups attached to an aromatic ring is 1. The predicted molar refractivity (Wildman–Crippen MR) is 86.0 cm³/mol. The minimum absolute atomic E-state index is 0.000231. The second-order valence-corrected chi connectivity index (χ2v) is 6.19. The van der Waals surface area contributed by atoms with Crippen LogP contribution in [0.1, 0.15) is 43.3 Å². The third-order valence-corrected chi connectivity index (χ3v) is 3.69. The van der Waals surface area contributed by atoms with E-state index in [0.717, 1.165) is 23.3 Å². The van der Waals surface area contributed by atoms with Crippen LogP contribution in [0.4, 0.5) is 16.3 Å². The summed E-state index contributed by atoms with van der Waals surface area (Å²) >= 11 is 0. The van der Waals surface area contributed by atoms with Crippen LogP contribution in [-0.2, 0) is 5.67 Å². The fourth-order valence-corrected chi connectivity index (χ4v) is 2.54. The first-order chi connectivity index (χ1) is 10.8. The molecule has 0 radical (unpaired) electrons. The van der Waals surface area contributed by atoms with Gasteiger partial charge in [-0.25, -0.2) is 4.39 Å². The van der Waals surface area contributed by atoms with Gasteiger partial charge in [0.25, 0.3) is 0 Å². The van der Waals surface area contributed by atoms with Crippen molar-refractivity contribution in [2.75, 3.05) is 17.7 Å². The molecule has 0 spiro atoms. The van der Waals surface area contributed by atoms with Crippen molar-refractivity contribution in [2.45, 2.75) is 38.9 Å². The van der Waals surface area contributed by atoms with Crippen LogP contribution in [0, 0.1) is 6.92 Å². The van der Waals surface area contributed by atoms with Crippen LogP contribution in [-0.4, -0.2) is 21.6 Å². The normalized spacial score (nSPS) is 17.3. The Balaban J connectivity index is 1.92. The van der Waals surface area contributed by atoms with Gasteiger partial charge in [-0.15, -0.1) is 0 Å². The number of aryl methyl sites for hydroxylation is 1. The Labute approximate surface area is 134 Å². The Morgan fingerprint density at radius 3 is 2.83 bits per heavy atom. The van der Waals surface area contributed by atoms with E-state index in [9.17, 15) is 4.39 Å². The molecular formula is C16H20FN5O. The van der Waals surface area contributed by atoms with Gasteiger partial charge in [0.05, 0.1) is 12.6 Å².